The maximum absolute atomic E-state index is 7.28. The standard InChI is InChI=1S/C17H16N4/c1-11-9-16(21-17(18)19)20-15-8-7-13(10-14(11)15)12-5-3-2-4-6-12/h2-10H,1H3,(H4,18,19,20,21). The lowest BCUT2D eigenvalue weighted by molar-refractivity contribution is 1.32. The van der Waals surface area contributed by atoms with Crippen LogP contribution >= 0.6 is 0 Å². The predicted molar refractivity (Wildman–Crippen MR) is 87.5 cm³/mol. The summed E-state index contributed by atoms with van der Waals surface area (Å²) in [5, 5.41) is 11.1. The van der Waals surface area contributed by atoms with Gasteiger partial charge in [-0.3, -0.25) is 5.41 Å². The van der Waals surface area contributed by atoms with Crippen molar-refractivity contribution in [3.8, 4) is 11.1 Å². The number of nitrogens with two attached hydrogens (primary N) is 1. The molecule has 0 saturated heterocycles. The number of anilines is 1. The fourth-order valence-corrected chi connectivity index (χ4v) is 2.41. The molecule has 4 nitrogen and oxygen atoms in total. The molecule has 0 aliphatic heterocycles. The summed E-state index contributed by atoms with van der Waals surface area (Å²) in [5.74, 6) is 0.488. The Bertz CT molecular complexity index is 810. The Hall–Kier alpha value is -2.88. The van der Waals surface area contributed by atoms with Crippen molar-refractivity contribution in [2.24, 2.45) is 5.73 Å². The molecule has 0 atom stereocenters. The number of aromatic nitrogens is 1. The highest BCUT2D eigenvalue weighted by Crippen LogP contribution is 2.26. The number of hydrogen-bond donors (Lipinski definition) is 3. The highest BCUT2D eigenvalue weighted by molar-refractivity contribution is 5.93. The molecule has 3 aromatic rings. The van der Waals surface area contributed by atoms with E-state index in [-0.39, 0.29) is 5.96 Å². The smallest absolute Gasteiger partial charge is 0.191 e. The van der Waals surface area contributed by atoms with E-state index in [1.165, 1.54) is 11.1 Å². The van der Waals surface area contributed by atoms with E-state index in [1.807, 2.05) is 37.3 Å². The minimum atomic E-state index is -0.109. The van der Waals surface area contributed by atoms with Crippen LogP contribution in [-0.4, -0.2) is 10.9 Å². The average molecular weight is 276 g/mol. The van der Waals surface area contributed by atoms with Crippen molar-refractivity contribution in [2.75, 3.05) is 5.32 Å². The van der Waals surface area contributed by atoms with Crippen molar-refractivity contribution in [2.45, 2.75) is 6.92 Å². The van der Waals surface area contributed by atoms with Gasteiger partial charge in [-0.25, -0.2) is 4.98 Å². The highest BCUT2D eigenvalue weighted by Gasteiger charge is 2.05. The maximum Gasteiger partial charge on any atom is 0.191 e. The first-order chi connectivity index (χ1) is 10.1. The summed E-state index contributed by atoms with van der Waals surface area (Å²) < 4.78 is 0. The Morgan fingerprint density at radius 1 is 1.05 bits per heavy atom. The number of benzene rings is 2. The summed E-state index contributed by atoms with van der Waals surface area (Å²) in [7, 11) is 0. The van der Waals surface area contributed by atoms with Gasteiger partial charge >= 0.3 is 0 Å². The van der Waals surface area contributed by atoms with Gasteiger partial charge in [0, 0.05) is 5.39 Å². The third-order valence-electron chi connectivity index (χ3n) is 3.39. The number of aryl methyl sites for hydroxylation is 1. The number of rotatable bonds is 2. The van der Waals surface area contributed by atoms with E-state index in [9.17, 15) is 0 Å². The summed E-state index contributed by atoms with van der Waals surface area (Å²) in [4.78, 5) is 4.48. The monoisotopic (exact) mass is 276 g/mol. The first-order valence-corrected chi connectivity index (χ1v) is 6.71. The van der Waals surface area contributed by atoms with Crippen LogP contribution in [0.1, 0.15) is 5.56 Å². The maximum atomic E-state index is 7.28. The summed E-state index contributed by atoms with van der Waals surface area (Å²) >= 11 is 0. The van der Waals surface area contributed by atoms with Gasteiger partial charge in [0.25, 0.3) is 0 Å². The zero-order chi connectivity index (χ0) is 14.8. The Kier molecular flexibility index (Phi) is 3.28. The van der Waals surface area contributed by atoms with Crippen molar-refractivity contribution in [3.63, 3.8) is 0 Å². The molecule has 0 aliphatic rings. The summed E-state index contributed by atoms with van der Waals surface area (Å²) in [6, 6.07) is 18.4. The molecule has 4 heteroatoms. The third kappa shape index (κ3) is 2.69. The molecule has 0 spiro atoms. The number of guanidine groups is 1. The van der Waals surface area contributed by atoms with Gasteiger partial charge in [-0.2, -0.15) is 0 Å². The molecule has 1 heterocycles. The molecule has 104 valence electrons. The molecule has 2 aromatic carbocycles. The molecule has 0 bridgehead atoms. The molecule has 0 radical (unpaired) electrons. The Morgan fingerprint density at radius 3 is 2.52 bits per heavy atom. The van der Waals surface area contributed by atoms with Crippen LogP contribution in [0.5, 0.6) is 0 Å². The minimum Gasteiger partial charge on any atom is -0.370 e. The molecule has 0 aliphatic carbocycles. The van der Waals surface area contributed by atoms with Gasteiger partial charge in [0.1, 0.15) is 5.82 Å². The lowest BCUT2D eigenvalue weighted by atomic mass is 10.0. The first kappa shape index (κ1) is 13.1. The van der Waals surface area contributed by atoms with Crippen molar-refractivity contribution in [3.05, 3.63) is 60.2 Å². The van der Waals surface area contributed by atoms with E-state index in [2.05, 4.69) is 34.6 Å². The zero-order valence-electron chi connectivity index (χ0n) is 11.7. The van der Waals surface area contributed by atoms with Crippen molar-refractivity contribution in [1.82, 2.24) is 4.98 Å². The van der Waals surface area contributed by atoms with Crippen LogP contribution in [0.4, 0.5) is 5.82 Å². The van der Waals surface area contributed by atoms with Gasteiger partial charge in [0.2, 0.25) is 0 Å². The molecule has 0 unspecified atom stereocenters. The van der Waals surface area contributed by atoms with Crippen LogP contribution in [0.2, 0.25) is 0 Å². The normalized spacial score (nSPS) is 10.5. The van der Waals surface area contributed by atoms with E-state index < -0.39 is 0 Å². The molecule has 0 saturated carbocycles. The minimum absolute atomic E-state index is 0.109. The van der Waals surface area contributed by atoms with E-state index >= 15 is 0 Å². The topological polar surface area (TPSA) is 74.8 Å². The fourth-order valence-electron chi connectivity index (χ4n) is 2.41. The Labute approximate surface area is 123 Å². The second-order valence-corrected chi connectivity index (χ2v) is 4.96. The zero-order valence-corrected chi connectivity index (χ0v) is 11.7. The predicted octanol–water partition coefficient (Wildman–Crippen LogP) is 3.52. The van der Waals surface area contributed by atoms with Gasteiger partial charge in [-0.05, 0) is 41.8 Å². The Morgan fingerprint density at radius 2 is 1.81 bits per heavy atom. The number of hydrogen-bond acceptors (Lipinski definition) is 2. The average Bonchev–Trinajstić information content (AvgIpc) is 2.47. The molecular weight excluding hydrogens is 260 g/mol. The van der Waals surface area contributed by atoms with Crippen LogP contribution in [0.15, 0.2) is 54.6 Å². The Balaban J connectivity index is 2.11. The first-order valence-electron chi connectivity index (χ1n) is 6.71. The summed E-state index contributed by atoms with van der Waals surface area (Å²) in [6.07, 6.45) is 0. The second kappa shape index (κ2) is 5.25. The third-order valence-corrected chi connectivity index (χ3v) is 3.39. The second-order valence-electron chi connectivity index (χ2n) is 4.96. The number of nitrogens with one attached hydrogen (secondary N) is 2. The van der Waals surface area contributed by atoms with Crippen LogP contribution in [-0.2, 0) is 0 Å². The van der Waals surface area contributed by atoms with E-state index in [1.54, 1.807) is 0 Å². The van der Waals surface area contributed by atoms with Gasteiger partial charge in [0.05, 0.1) is 5.52 Å². The quantitative estimate of drug-likeness (QED) is 0.495. The fraction of sp³-hybridized carbons (Fsp3) is 0.0588. The lowest BCUT2D eigenvalue weighted by Crippen LogP contribution is -2.21. The van der Waals surface area contributed by atoms with Crippen molar-refractivity contribution < 1.29 is 0 Å². The lowest BCUT2D eigenvalue weighted by Gasteiger charge is -2.09. The molecule has 21 heavy (non-hydrogen) atoms. The molecule has 4 N–H and O–H groups in total. The number of nitrogens with zero attached hydrogens (tertiary/aromatic N) is 1. The van der Waals surface area contributed by atoms with E-state index in [0.717, 1.165) is 16.5 Å². The molecule has 0 amide bonds. The molecule has 0 fully saturated rings. The van der Waals surface area contributed by atoms with Crippen LogP contribution in [0, 0.1) is 12.3 Å². The number of fused-ring (bicyclic) bond motifs is 1. The molecular formula is C17H16N4. The largest absolute Gasteiger partial charge is 0.370 e. The van der Waals surface area contributed by atoms with Crippen molar-refractivity contribution >= 4 is 22.7 Å². The molecule has 3 rings (SSSR count). The summed E-state index contributed by atoms with van der Waals surface area (Å²) in [6.45, 7) is 2.03. The van der Waals surface area contributed by atoms with E-state index in [0.29, 0.717) is 5.82 Å². The van der Waals surface area contributed by atoms with Gasteiger partial charge < -0.3 is 11.1 Å². The van der Waals surface area contributed by atoms with Crippen LogP contribution < -0.4 is 11.1 Å². The SMILES string of the molecule is Cc1cc(NC(=N)N)nc2ccc(-c3ccccc3)cc12. The van der Waals surface area contributed by atoms with Gasteiger partial charge in [0.15, 0.2) is 5.96 Å². The van der Waals surface area contributed by atoms with Crippen LogP contribution in [0.3, 0.4) is 0 Å². The van der Waals surface area contributed by atoms with E-state index in [4.69, 9.17) is 11.1 Å². The summed E-state index contributed by atoms with van der Waals surface area (Å²) in [5.41, 5.74) is 9.69. The number of pyridine rings is 1. The van der Waals surface area contributed by atoms with Gasteiger partial charge in [-0.1, -0.05) is 36.4 Å². The van der Waals surface area contributed by atoms with Crippen LogP contribution in [0.25, 0.3) is 22.0 Å². The van der Waals surface area contributed by atoms with Crippen molar-refractivity contribution in [1.29, 1.82) is 5.41 Å². The van der Waals surface area contributed by atoms with Gasteiger partial charge in [-0.15, -0.1) is 0 Å². The molecule has 1 aromatic heterocycles. The highest BCUT2D eigenvalue weighted by atomic mass is 15.1.